The molecular formula is C18H19N3O3. The molecule has 1 heterocycles. The molecule has 0 spiro atoms. The number of hydrogen-bond acceptors (Lipinski definition) is 3. The first-order chi connectivity index (χ1) is 11.6. The Hall–Kier alpha value is -3.02. The highest BCUT2D eigenvalue weighted by molar-refractivity contribution is 5.77. The van der Waals surface area contributed by atoms with Gasteiger partial charge in [-0.25, -0.2) is 4.79 Å². The van der Waals surface area contributed by atoms with E-state index in [1.54, 1.807) is 40.4 Å². The fourth-order valence-corrected chi connectivity index (χ4v) is 2.70. The highest BCUT2D eigenvalue weighted by Gasteiger charge is 2.11. The fourth-order valence-electron chi connectivity index (χ4n) is 2.70. The summed E-state index contributed by atoms with van der Waals surface area (Å²) in [6.45, 7) is 0.727. The van der Waals surface area contributed by atoms with Gasteiger partial charge in [-0.3, -0.25) is 13.9 Å². The zero-order valence-corrected chi connectivity index (χ0v) is 13.4. The second-order valence-corrected chi connectivity index (χ2v) is 5.68. The molecule has 0 aliphatic rings. The zero-order chi connectivity index (χ0) is 17.1. The lowest BCUT2D eigenvalue weighted by Crippen LogP contribution is -2.27. The minimum absolute atomic E-state index is 0.122. The van der Waals surface area contributed by atoms with Gasteiger partial charge in [0.1, 0.15) is 5.75 Å². The van der Waals surface area contributed by atoms with E-state index in [4.69, 9.17) is 0 Å². The molecule has 2 aromatic carbocycles. The number of aromatic hydroxyl groups is 1. The number of rotatable bonds is 5. The van der Waals surface area contributed by atoms with Crippen LogP contribution in [0.25, 0.3) is 11.0 Å². The van der Waals surface area contributed by atoms with Crippen LogP contribution in [0.15, 0.2) is 53.3 Å². The van der Waals surface area contributed by atoms with Gasteiger partial charge in [0.2, 0.25) is 5.91 Å². The highest BCUT2D eigenvalue weighted by atomic mass is 16.3. The second kappa shape index (κ2) is 6.62. The Balaban J connectivity index is 1.63. The fraction of sp³-hybridized carbons (Fsp3) is 0.222. The number of fused-ring (bicyclic) bond motifs is 1. The average molecular weight is 325 g/mol. The van der Waals surface area contributed by atoms with Crippen LogP contribution in [-0.2, 0) is 24.9 Å². The molecule has 0 saturated heterocycles. The van der Waals surface area contributed by atoms with E-state index in [-0.39, 0.29) is 23.8 Å². The van der Waals surface area contributed by atoms with E-state index < -0.39 is 0 Å². The van der Waals surface area contributed by atoms with E-state index in [9.17, 15) is 14.7 Å². The van der Waals surface area contributed by atoms with Gasteiger partial charge in [-0.1, -0.05) is 24.3 Å². The van der Waals surface area contributed by atoms with Crippen molar-refractivity contribution < 1.29 is 9.90 Å². The highest BCUT2D eigenvalue weighted by Crippen LogP contribution is 2.12. The third-order valence-electron chi connectivity index (χ3n) is 4.04. The molecule has 2 N–H and O–H groups in total. The molecule has 0 unspecified atom stereocenters. The maximum absolute atomic E-state index is 12.3. The van der Waals surface area contributed by atoms with Gasteiger partial charge in [0.05, 0.1) is 11.0 Å². The lowest BCUT2D eigenvalue weighted by molar-refractivity contribution is -0.121. The molecule has 124 valence electrons. The number of carbonyl (C=O) groups excluding carboxylic acids is 1. The quantitative estimate of drug-likeness (QED) is 0.750. The Morgan fingerprint density at radius 1 is 1.08 bits per heavy atom. The minimum Gasteiger partial charge on any atom is -0.508 e. The maximum atomic E-state index is 12.3. The lowest BCUT2D eigenvalue weighted by Gasteiger charge is -2.06. The average Bonchev–Trinajstić information content (AvgIpc) is 2.84. The predicted octanol–water partition coefficient (Wildman–Crippen LogP) is 1.75. The van der Waals surface area contributed by atoms with E-state index in [1.165, 1.54) is 0 Å². The van der Waals surface area contributed by atoms with Crippen molar-refractivity contribution in [2.24, 2.45) is 7.05 Å². The van der Waals surface area contributed by atoms with Gasteiger partial charge in [0, 0.05) is 26.6 Å². The van der Waals surface area contributed by atoms with Crippen LogP contribution in [-0.4, -0.2) is 20.1 Å². The summed E-state index contributed by atoms with van der Waals surface area (Å²) < 4.78 is 3.21. The number of para-hydroxylation sites is 2. The van der Waals surface area contributed by atoms with Crippen molar-refractivity contribution in [2.45, 2.75) is 19.5 Å². The zero-order valence-electron chi connectivity index (χ0n) is 13.4. The lowest BCUT2D eigenvalue weighted by atomic mass is 10.2. The first kappa shape index (κ1) is 15.9. The van der Waals surface area contributed by atoms with E-state index in [0.29, 0.717) is 13.1 Å². The van der Waals surface area contributed by atoms with Gasteiger partial charge in [-0.2, -0.15) is 0 Å². The van der Waals surface area contributed by atoms with Gasteiger partial charge in [-0.05, 0) is 29.8 Å². The topological polar surface area (TPSA) is 76.3 Å². The smallest absolute Gasteiger partial charge is 0.328 e. The van der Waals surface area contributed by atoms with Crippen LogP contribution in [0, 0.1) is 0 Å². The molecule has 24 heavy (non-hydrogen) atoms. The molecule has 1 amide bonds. The third kappa shape index (κ3) is 3.17. The van der Waals surface area contributed by atoms with Crippen molar-refractivity contribution in [2.75, 3.05) is 0 Å². The number of aromatic nitrogens is 2. The van der Waals surface area contributed by atoms with Gasteiger partial charge in [0.15, 0.2) is 0 Å². The normalized spacial score (nSPS) is 10.9. The first-order valence-electron chi connectivity index (χ1n) is 7.75. The van der Waals surface area contributed by atoms with Crippen LogP contribution in [0.5, 0.6) is 5.75 Å². The predicted molar refractivity (Wildman–Crippen MR) is 91.7 cm³/mol. The van der Waals surface area contributed by atoms with Crippen LogP contribution in [0.3, 0.4) is 0 Å². The number of carbonyl (C=O) groups is 1. The molecule has 0 bridgehead atoms. The van der Waals surface area contributed by atoms with Crippen molar-refractivity contribution in [3.63, 3.8) is 0 Å². The van der Waals surface area contributed by atoms with Gasteiger partial charge in [0.25, 0.3) is 0 Å². The van der Waals surface area contributed by atoms with Gasteiger partial charge in [-0.15, -0.1) is 0 Å². The van der Waals surface area contributed by atoms with Gasteiger partial charge >= 0.3 is 5.69 Å². The number of amides is 1. The molecule has 0 fully saturated rings. The molecule has 0 saturated carbocycles. The molecule has 0 atom stereocenters. The van der Waals surface area contributed by atoms with Crippen molar-refractivity contribution in [1.82, 2.24) is 14.5 Å². The van der Waals surface area contributed by atoms with Crippen molar-refractivity contribution in [3.8, 4) is 5.75 Å². The number of benzene rings is 2. The molecule has 6 nitrogen and oxygen atoms in total. The van der Waals surface area contributed by atoms with E-state index in [0.717, 1.165) is 16.6 Å². The number of nitrogens with one attached hydrogen (secondary N) is 1. The van der Waals surface area contributed by atoms with E-state index in [1.807, 2.05) is 24.3 Å². The molecular weight excluding hydrogens is 306 g/mol. The monoisotopic (exact) mass is 325 g/mol. The Morgan fingerprint density at radius 2 is 1.75 bits per heavy atom. The Morgan fingerprint density at radius 3 is 2.46 bits per heavy atom. The number of imidazole rings is 1. The number of hydrogen-bond donors (Lipinski definition) is 2. The van der Waals surface area contributed by atoms with Crippen LogP contribution >= 0.6 is 0 Å². The van der Waals surface area contributed by atoms with Crippen LogP contribution in [0.1, 0.15) is 12.0 Å². The Labute approximate surface area is 139 Å². The number of phenols is 1. The van der Waals surface area contributed by atoms with Crippen molar-refractivity contribution in [3.05, 3.63) is 64.6 Å². The molecule has 0 radical (unpaired) electrons. The summed E-state index contributed by atoms with van der Waals surface area (Å²) in [5, 5.41) is 12.1. The summed E-state index contributed by atoms with van der Waals surface area (Å²) in [6, 6.07) is 14.2. The third-order valence-corrected chi connectivity index (χ3v) is 4.04. The maximum Gasteiger partial charge on any atom is 0.328 e. The Bertz CT molecular complexity index is 923. The summed E-state index contributed by atoms with van der Waals surface area (Å²) in [5.41, 5.74) is 2.47. The molecule has 3 rings (SSSR count). The summed E-state index contributed by atoms with van der Waals surface area (Å²) in [5.74, 6) is 0.0725. The van der Waals surface area contributed by atoms with E-state index >= 15 is 0 Å². The van der Waals surface area contributed by atoms with Crippen LogP contribution in [0.4, 0.5) is 0 Å². The van der Waals surface area contributed by atoms with Gasteiger partial charge < -0.3 is 10.4 Å². The van der Waals surface area contributed by atoms with Crippen LogP contribution < -0.4 is 11.0 Å². The number of phenolic OH excluding ortho intramolecular Hbond substituents is 1. The SMILES string of the molecule is Cn1c(=O)n(CCC(=O)NCc2ccc(O)cc2)c2ccccc21. The second-order valence-electron chi connectivity index (χ2n) is 5.68. The summed E-state index contributed by atoms with van der Waals surface area (Å²) >= 11 is 0. The Kier molecular flexibility index (Phi) is 4.37. The first-order valence-corrected chi connectivity index (χ1v) is 7.75. The molecule has 3 aromatic rings. The summed E-state index contributed by atoms with van der Waals surface area (Å²) in [7, 11) is 1.73. The molecule has 1 aromatic heterocycles. The number of nitrogens with zero attached hydrogens (tertiary/aromatic N) is 2. The van der Waals surface area contributed by atoms with Crippen LogP contribution in [0.2, 0.25) is 0 Å². The number of aryl methyl sites for hydroxylation is 2. The van der Waals surface area contributed by atoms with Crippen molar-refractivity contribution in [1.29, 1.82) is 0 Å². The van der Waals surface area contributed by atoms with Crippen molar-refractivity contribution >= 4 is 16.9 Å². The molecule has 0 aliphatic heterocycles. The minimum atomic E-state index is -0.123. The largest absolute Gasteiger partial charge is 0.508 e. The summed E-state index contributed by atoms with van der Waals surface area (Å²) in [4.78, 5) is 24.3. The summed E-state index contributed by atoms with van der Waals surface area (Å²) in [6.07, 6.45) is 0.228. The molecule has 6 heteroatoms. The standard InChI is InChI=1S/C18H19N3O3/c1-20-15-4-2-3-5-16(15)21(18(20)24)11-10-17(23)19-12-13-6-8-14(22)9-7-13/h2-9,22H,10-12H2,1H3,(H,19,23). The molecule has 0 aliphatic carbocycles. The van der Waals surface area contributed by atoms with E-state index in [2.05, 4.69) is 5.32 Å².